The summed E-state index contributed by atoms with van der Waals surface area (Å²) in [4.78, 5) is 13.7. The zero-order chi connectivity index (χ0) is 24.9. The lowest BCUT2D eigenvalue weighted by Crippen LogP contribution is -2.31. The van der Waals surface area contributed by atoms with Gasteiger partial charge in [-0.05, 0) is 83.9 Å². The summed E-state index contributed by atoms with van der Waals surface area (Å²) in [6, 6.07) is 10.4. The van der Waals surface area contributed by atoms with Gasteiger partial charge in [0.1, 0.15) is 11.8 Å². The molecule has 2 heterocycles. The first-order valence-electron chi connectivity index (χ1n) is 11.4. The van der Waals surface area contributed by atoms with Crippen molar-refractivity contribution >= 4 is 33.5 Å². The Morgan fingerprint density at radius 1 is 1.09 bits per heavy atom. The van der Waals surface area contributed by atoms with Crippen molar-refractivity contribution in [3.05, 3.63) is 57.7 Å². The van der Waals surface area contributed by atoms with Crippen molar-refractivity contribution < 1.29 is 19.0 Å². The number of tetrazole rings is 1. The molecule has 1 amide bonds. The normalized spacial score (nSPS) is 14.7. The fourth-order valence-corrected chi connectivity index (χ4v) is 4.52. The maximum absolute atomic E-state index is 13.7. The van der Waals surface area contributed by atoms with Crippen molar-refractivity contribution in [2.24, 2.45) is 0 Å². The summed E-state index contributed by atoms with van der Waals surface area (Å²) >= 11 is 3.60. The molecule has 0 aliphatic carbocycles. The van der Waals surface area contributed by atoms with E-state index in [1.165, 1.54) is 0 Å². The van der Waals surface area contributed by atoms with E-state index in [0.717, 1.165) is 5.56 Å². The largest absolute Gasteiger partial charge is 0.492 e. The number of nitrogens with zero attached hydrogens (tertiary/aromatic N) is 4. The lowest BCUT2D eigenvalue weighted by atomic mass is 9.94. The Hall–Kier alpha value is -3.60. The summed E-state index contributed by atoms with van der Waals surface area (Å²) in [6.45, 7) is 8.94. The highest BCUT2D eigenvalue weighted by Crippen LogP contribution is 2.43. The molecule has 4 rings (SSSR count). The minimum atomic E-state index is -0.619. The Balaban J connectivity index is 1.80. The van der Waals surface area contributed by atoms with E-state index in [1.54, 1.807) is 10.7 Å². The quantitative estimate of drug-likeness (QED) is 0.404. The van der Waals surface area contributed by atoms with E-state index in [2.05, 4.69) is 42.1 Å². The number of ether oxygens (including phenoxy) is 3. The molecule has 35 heavy (non-hydrogen) atoms. The third kappa shape index (κ3) is 4.95. The summed E-state index contributed by atoms with van der Waals surface area (Å²) < 4.78 is 19.6. The molecule has 1 unspecified atom stereocenters. The highest BCUT2D eigenvalue weighted by Gasteiger charge is 2.35. The first-order valence-corrected chi connectivity index (χ1v) is 12.2. The summed E-state index contributed by atoms with van der Waals surface area (Å²) in [6.07, 6.45) is 0. The fraction of sp³-hybridized carbons (Fsp3) is 0.333. The van der Waals surface area contributed by atoms with Crippen LogP contribution in [0.1, 0.15) is 39.3 Å². The van der Waals surface area contributed by atoms with Gasteiger partial charge in [0.25, 0.3) is 5.91 Å². The minimum Gasteiger partial charge on any atom is -0.492 e. The van der Waals surface area contributed by atoms with Gasteiger partial charge in [-0.15, -0.1) is 0 Å². The predicted molar refractivity (Wildman–Crippen MR) is 135 cm³/mol. The van der Waals surface area contributed by atoms with Crippen LogP contribution in [0.3, 0.4) is 0 Å². The van der Waals surface area contributed by atoms with Crippen molar-refractivity contribution in [1.29, 1.82) is 0 Å². The van der Waals surface area contributed by atoms with Crippen LogP contribution in [0.2, 0.25) is 0 Å². The second-order valence-corrected chi connectivity index (χ2v) is 8.45. The second kappa shape index (κ2) is 10.8. The zero-order valence-corrected chi connectivity index (χ0v) is 21.5. The molecular weight excluding hydrogens is 516 g/mol. The third-order valence-corrected chi connectivity index (χ3v) is 5.92. The van der Waals surface area contributed by atoms with Gasteiger partial charge in [-0.3, -0.25) is 4.79 Å². The highest BCUT2D eigenvalue weighted by molar-refractivity contribution is 9.10. The number of allylic oxidation sites excluding steroid dienone is 1. The molecule has 0 radical (unpaired) electrons. The van der Waals surface area contributed by atoms with Crippen molar-refractivity contribution in [2.75, 3.05) is 30.5 Å². The first-order chi connectivity index (χ1) is 17.0. The maximum Gasteiger partial charge on any atom is 0.255 e. The van der Waals surface area contributed by atoms with E-state index < -0.39 is 6.04 Å². The maximum atomic E-state index is 13.7. The number of amides is 1. The lowest BCUT2D eigenvalue weighted by Gasteiger charge is -2.29. The Bertz CT molecular complexity index is 1260. The van der Waals surface area contributed by atoms with Gasteiger partial charge in [0.2, 0.25) is 5.95 Å². The van der Waals surface area contributed by atoms with Crippen LogP contribution < -0.4 is 24.8 Å². The van der Waals surface area contributed by atoms with Crippen molar-refractivity contribution in [3.8, 4) is 17.2 Å². The lowest BCUT2D eigenvalue weighted by molar-refractivity contribution is -0.113. The number of nitrogens with one attached hydrogen (secondary N) is 2. The first kappa shape index (κ1) is 24.5. The number of para-hydroxylation sites is 2. The van der Waals surface area contributed by atoms with Crippen molar-refractivity contribution in [1.82, 2.24) is 20.2 Å². The molecule has 0 saturated carbocycles. The van der Waals surface area contributed by atoms with Gasteiger partial charge in [0.15, 0.2) is 11.5 Å². The van der Waals surface area contributed by atoms with Gasteiger partial charge < -0.3 is 24.8 Å². The van der Waals surface area contributed by atoms with Gasteiger partial charge in [-0.1, -0.05) is 17.2 Å². The molecule has 1 aliphatic heterocycles. The molecule has 0 fully saturated rings. The molecule has 0 spiro atoms. The highest BCUT2D eigenvalue weighted by atomic mass is 79.9. The Morgan fingerprint density at radius 3 is 2.54 bits per heavy atom. The number of carbonyl (C=O) groups excluding carboxylic acids is 1. The van der Waals surface area contributed by atoms with E-state index in [9.17, 15) is 4.79 Å². The van der Waals surface area contributed by atoms with Gasteiger partial charge >= 0.3 is 0 Å². The average Bonchev–Trinajstić information content (AvgIpc) is 3.29. The number of aromatic nitrogens is 4. The number of halogens is 1. The average molecular weight is 543 g/mol. The number of hydrogen-bond donors (Lipinski definition) is 2. The number of hydrogen-bond acceptors (Lipinski definition) is 8. The van der Waals surface area contributed by atoms with Gasteiger partial charge in [-0.2, -0.15) is 4.68 Å². The van der Waals surface area contributed by atoms with Crippen LogP contribution in [-0.4, -0.2) is 45.9 Å². The fourth-order valence-electron chi connectivity index (χ4n) is 3.95. The molecule has 2 aromatic carbocycles. The molecule has 10 nitrogen and oxygen atoms in total. The minimum absolute atomic E-state index is 0.309. The van der Waals surface area contributed by atoms with Gasteiger partial charge in [-0.25, -0.2) is 0 Å². The molecule has 0 saturated heterocycles. The third-order valence-electron chi connectivity index (χ3n) is 5.33. The second-order valence-electron chi connectivity index (χ2n) is 7.59. The Morgan fingerprint density at radius 2 is 1.80 bits per heavy atom. The smallest absolute Gasteiger partial charge is 0.255 e. The van der Waals surface area contributed by atoms with Crippen LogP contribution >= 0.6 is 15.9 Å². The Kier molecular flexibility index (Phi) is 7.54. The number of carbonyl (C=O) groups is 1. The van der Waals surface area contributed by atoms with E-state index in [4.69, 9.17) is 14.2 Å². The molecule has 3 aromatic rings. The van der Waals surface area contributed by atoms with Crippen LogP contribution in [0.15, 0.2) is 52.1 Å². The van der Waals surface area contributed by atoms with Crippen LogP contribution in [0, 0.1) is 0 Å². The van der Waals surface area contributed by atoms with E-state index in [1.807, 2.05) is 58.0 Å². The molecule has 1 aromatic heterocycles. The molecule has 0 bridgehead atoms. The van der Waals surface area contributed by atoms with Crippen LogP contribution in [0.5, 0.6) is 17.2 Å². The summed E-state index contributed by atoms with van der Waals surface area (Å²) in [5, 5.41) is 18.2. The van der Waals surface area contributed by atoms with Gasteiger partial charge in [0, 0.05) is 5.70 Å². The summed E-state index contributed by atoms with van der Waals surface area (Å²) in [5.41, 5.74) is 2.41. The summed E-state index contributed by atoms with van der Waals surface area (Å²) in [7, 11) is 0. The Labute approximate surface area is 211 Å². The summed E-state index contributed by atoms with van der Waals surface area (Å²) in [5.74, 6) is 1.87. The van der Waals surface area contributed by atoms with Crippen LogP contribution in [0.4, 0.5) is 11.6 Å². The van der Waals surface area contributed by atoms with Gasteiger partial charge in [0.05, 0.1) is 35.6 Å². The topological polar surface area (TPSA) is 112 Å². The SMILES string of the molecule is CCOc1ccccc1NC(=O)C1=C(C)Nc2nnnn2C1c1cc(Br)c(OCC)c(OCC)c1. The number of fused-ring (bicyclic) bond motifs is 1. The molecular formula is C24H27BrN6O4. The standard InChI is InChI=1S/C24H27BrN6O4/c1-5-33-18-11-9-8-10-17(18)27-23(32)20-14(4)26-24-28-29-30-31(24)21(20)15-12-16(25)22(35-7-3)19(13-15)34-6-2/h8-13,21H,5-7H2,1-4H3,(H,27,32)(H,26,28,30). The number of benzene rings is 2. The molecule has 184 valence electrons. The number of rotatable bonds is 9. The molecule has 11 heteroatoms. The monoisotopic (exact) mass is 542 g/mol. The molecule has 1 atom stereocenters. The molecule has 2 N–H and O–H groups in total. The van der Waals surface area contributed by atoms with E-state index >= 15 is 0 Å². The number of anilines is 2. The van der Waals surface area contributed by atoms with E-state index in [0.29, 0.717) is 64.4 Å². The van der Waals surface area contributed by atoms with E-state index in [-0.39, 0.29) is 5.91 Å². The van der Waals surface area contributed by atoms with Crippen molar-refractivity contribution in [3.63, 3.8) is 0 Å². The zero-order valence-electron chi connectivity index (χ0n) is 20.0. The van der Waals surface area contributed by atoms with Crippen LogP contribution in [0.25, 0.3) is 0 Å². The van der Waals surface area contributed by atoms with Crippen molar-refractivity contribution in [2.45, 2.75) is 33.7 Å². The molecule has 1 aliphatic rings. The van der Waals surface area contributed by atoms with Crippen LogP contribution in [-0.2, 0) is 4.79 Å². The predicted octanol–water partition coefficient (Wildman–Crippen LogP) is 4.56.